The Morgan fingerprint density at radius 3 is 2.24 bits per heavy atom. The highest BCUT2D eigenvalue weighted by molar-refractivity contribution is 6.39. The zero-order chi connectivity index (χ0) is 18.6. The van der Waals surface area contributed by atoms with Crippen LogP contribution in [0.25, 0.3) is 0 Å². The molecular formula is C19H20Cl2N2O2. The van der Waals surface area contributed by atoms with E-state index in [1.54, 1.807) is 18.2 Å². The third-order valence-electron chi connectivity index (χ3n) is 3.88. The van der Waals surface area contributed by atoms with Crippen molar-refractivity contribution in [3.8, 4) is 0 Å². The van der Waals surface area contributed by atoms with Crippen molar-refractivity contribution in [3.05, 3.63) is 57.6 Å². The Kier molecular flexibility index (Phi) is 6.45. The Morgan fingerprint density at radius 2 is 1.68 bits per heavy atom. The van der Waals surface area contributed by atoms with Crippen LogP contribution in [0.3, 0.4) is 0 Å². The normalized spacial score (nSPS) is 10.4. The highest BCUT2D eigenvalue weighted by Crippen LogP contribution is 2.30. The number of para-hydroxylation sites is 2. The zero-order valence-corrected chi connectivity index (χ0v) is 15.9. The van der Waals surface area contributed by atoms with Crippen LogP contribution in [0.15, 0.2) is 36.4 Å². The summed E-state index contributed by atoms with van der Waals surface area (Å²) < 4.78 is 0. The van der Waals surface area contributed by atoms with Crippen LogP contribution in [0.4, 0.5) is 11.4 Å². The number of aryl methyl sites for hydroxylation is 2. The van der Waals surface area contributed by atoms with Crippen molar-refractivity contribution >= 4 is 46.4 Å². The van der Waals surface area contributed by atoms with Gasteiger partial charge in [-0.15, -0.1) is 0 Å². The molecule has 1 N–H and O–H groups in total. The first-order valence-electron chi connectivity index (χ1n) is 7.95. The van der Waals surface area contributed by atoms with E-state index in [2.05, 4.69) is 5.32 Å². The van der Waals surface area contributed by atoms with Gasteiger partial charge in [-0.2, -0.15) is 0 Å². The SMILES string of the molecule is CCc1cccc(C)c1N(CC(=O)Nc1c(Cl)cccc1Cl)C(C)=O. The Labute approximate surface area is 157 Å². The van der Waals surface area contributed by atoms with Crippen molar-refractivity contribution in [3.63, 3.8) is 0 Å². The summed E-state index contributed by atoms with van der Waals surface area (Å²) in [5.74, 6) is -0.570. The molecule has 0 fully saturated rings. The van der Waals surface area contributed by atoms with Crippen molar-refractivity contribution in [2.45, 2.75) is 27.2 Å². The largest absolute Gasteiger partial charge is 0.322 e. The van der Waals surface area contributed by atoms with Crippen LogP contribution < -0.4 is 10.2 Å². The molecule has 0 aliphatic rings. The fraction of sp³-hybridized carbons (Fsp3) is 0.263. The first-order valence-corrected chi connectivity index (χ1v) is 8.71. The van der Waals surface area contributed by atoms with Gasteiger partial charge in [-0.25, -0.2) is 0 Å². The Morgan fingerprint density at radius 1 is 1.08 bits per heavy atom. The van der Waals surface area contributed by atoms with Gasteiger partial charge in [-0.05, 0) is 36.6 Å². The standard InChI is InChI=1S/C19H20Cl2N2O2/c1-4-14-8-5-7-12(2)19(14)23(13(3)24)11-17(25)22-18-15(20)9-6-10-16(18)21/h5-10H,4,11H2,1-3H3,(H,22,25). The lowest BCUT2D eigenvalue weighted by molar-refractivity contribution is -0.120. The summed E-state index contributed by atoms with van der Waals surface area (Å²) in [5.41, 5.74) is 3.08. The van der Waals surface area contributed by atoms with Crippen LogP contribution in [-0.4, -0.2) is 18.4 Å². The number of anilines is 2. The predicted molar refractivity (Wildman–Crippen MR) is 104 cm³/mol. The number of halogens is 2. The van der Waals surface area contributed by atoms with Gasteiger partial charge in [0, 0.05) is 6.92 Å². The van der Waals surface area contributed by atoms with E-state index in [1.807, 2.05) is 32.0 Å². The predicted octanol–water partition coefficient (Wildman–Crippen LogP) is 4.86. The highest BCUT2D eigenvalue weighted by atomic mass is 35.5. The number of hydrogen-bond acceptors (Lipinski definition) is 2. The van der Waals surface area contributed by atoms with Crippen LogP contribution in [0.2, 0.25) is 10.0 Å². The van der Waals surface area contributed by atoms with E-state index in [1.165, 1.54) is 11.8 Å². The molecule has 0 unspecified atom stereocenters. The summed E-state index contributed by atoms with van der Waals surface area (Å²) in [7, 11) is 0. The third kappa shape index (κ3) is 4.53. The molecule has 2 aromatic carbocycles. The second kappa shape index (κ2) is 8.37. The molecule has 2 aromatic rings. The van der Waals surface area contributed by atoms with Gasteiger partial charge in [-0.1, -0.05) is 54.4 Å². The van der Waals surface area contributed by atoms with Crippen LogP contribution in [0.5, 0.6) is 0 Å². The number of rotatable bonds is 5. The smallest absolute Gasteiger partial charge is 0.244 e. The maximum absolute atomic E-state index is 12.5. The summed E-state index contributed by atoms with van der Waals surface area (Å²) in [6.45, 7) is 5.27. The molecule has 0 bridgehead atoms. The first-order chi connectivity index (χ1) is 11.8. The van der Waals surface area contributed by atoms with E-state index >= 15 is 0 Å². The van der Waals surface area contributed by atoms with Crippen LogP contribution in [0.1, 0.15) is 25.0 Å². The summed E-state index contributed by atoms with van der Waals surface area (Å²) >= 11 is 12.2. The van der Waals surface area contributed by atoms with Crippen LogP contribution in [-0.2, 0) is 16.0 Å². The molecule has 0 aliphatic heterocycles. The maximum atomic E-state index is 12.5. The lowest BCUT2D eigenvalue weighted by atomic mass is 10.0. The van der Waals surface area contributed by atoms with Gasteiger partial charge in [0.1, 0.15) is 6.54 Å². The topological polar surface area (TPSA) is 49.4 Å². The monoisotopic (exact) mass is 378 g/mol. The highest BCUT2D eigenvalue weighted by Gasteiger charge is 2.21. The third-order valence-corrected chi connectivity index (χ3v) is 4.51. The van der Waals surface area contributed by atoms with Crippen molar-refractivity contribution in [2.75, 3.05) is 16.8 Å². The Hall–Kier alpha value is -2.04. The summed E-state index contributed by atoms with van der Waals surface area (Å²) in [6.07, 6.45) is 0.763. The van der Waals surface area contributed by atoms with Gasteiger partial charge >= 0.3 is 0 Å². The second-order valence-corrected chi connectivity index (χ2v) is 6.50. The van der Waals surface area contributed by atoms with Gasteiger partial charge in [-0.3, -0.25) is 9.59 Å². The molecule has 0 saturated carbocycles. The molecule has 0 atom stereocenters. The van der Waals surface area contributed by atoms with Crippen molar-refractivity contribution in [1.29, 1.82) is 0 Å². The number of carbonyl (C=O) groups is 2. The van der Waals surface area contributed by atoms with E-state index in [9.17, 15) is 9.59 Å². The number of nitrogens with zero attached hydrogens (tertiary/aromatic N) is 1. The van der Waals surface area contributed by atoms with E-state index in [0.29, 0.717) is 15.7 Å². The molecule has 132 valence electrons. The molecule has 0 aliphatic carbocycles. The van der Waals surface area contributed by atoms with Crippen LogP contribution >= 0.6 is 23.2 Å². The van der Waals surface area contributed by atoms with Gasteiger partial charge in [0.15, 0.2) is 0 Å². The van der Waals surface area contributed by atoms with Gasteiger partial charge in [0.25, 0.3) is 0 Å². The molecular weight excluding hydrogens is 359 g/mol. The summed E-state index contributed by atoms with van der Waals surface area (Å²) in [5, 5.41) is 3.39. The minimum atomic E-state index is -0.365. The number of carbonyl (C=O) groups excluding carboxylic acids is 2. The molecule has 2 amide bonds. The first kappa shape index (κ1) is 19.3. The fourth-order valence-electron chi connectivity index (χ4n) is 2.68. The molecule has 0 saturated heterocycles. The second-order valence-electron chi connectivity index (χ2n) is 5.69. The lowest BCUT2D eigenvalue weighted by Crippen LogP contribution is -2.37. The summed E-state index contributed by atoms with van der Waals surface area (Å²) in [4.78, 5) is 26.2. The quantitative estimate of drug-likeness (QED) is 0.807. The van der Waals surface area contributed by atoms with E-state index in [0.717, 1.165) is 23.2 Å². The minimum Gasteiger partial charge on any atom is -0.322 e. The van der Waals surface area contributed by atoms with Crippen molar-refractivity contribution < 1.29 is 9.59 Å². The number of hydrogen-bond donors (Lipinski definition) is 1. The molecule has 4 nitrogen and oxygen atoms in total. The fourth-order valence-corrected chi connectivity index (χ4v) is 3.17. The molecule has 0 heterocycles. The Bertz CT molecular complexity index is 786. The molecule has 2 rings (SSSR count). The van der Waals surface area contributed by atoms with Crippen LogP contribution in [0, 0.1) is 6.92 Å². The minimum absolute atomic E-state index is 0.116. The zero-order valence-electron chi connectivity index (χ0n) is 14.4. The lowest BCUT2D eigenvalue weighted by Gasteiger charge is -2.25. The van der Waals surface area contributed by atoms with E-state index < -0.39 is 0 Å². The molecule has 0 aromatic heterocycles. The van der Waals surface area contributed by atoms with Gasteiger partial charge < -0.3 is 10.2 Å². The maximum Gasteiger partial charge on any atom is 0.244 e. The van der Waals surface area contributed by atoms with Crippen molar-refractivity contribution in [1.82, 2.24) is 0 Å². The average molecular weight is 379 g/mol. The average Bonchev–Trinajstić information content (AvgIpc) is 2.56. The molecule has 6 heteroatoms. The molecule has 0 spiro atoms. The number of benzene rings is 2. The summed E-state index contributed by atoms with van der Waals surface area (Å²) in [6, 6.07) is 10.8. The van der Waals surface area contributed by atoms with E-state index in [4.69, 9.17) is 23.2 Å². The molecule has 25 heavy (non-hydrogen) atoms. The Balaban J connectivity index is 2.29. The molecule has 0 radical (unpaired) electrons. The number of amides is 2. The van der Waals surface area contributed by atoms with Gasteiger partial charge in [0.2, 0.25) is 11.8 Å². The van der Waals surface area contributed by atoms with E-state index in [-0.39, 0.29) is 18.4 Å². The number of nitrogens with one attached hydrogen (secondary N) is 1. The van der Waals surface area contributed by atoms with Crippen molar-refractivity contribution in [2.24, 2.45) is 0 Å². The van der Waals surface area contributed by atoms with Gasteiger partial charge in [0.05, 0.1) is 21.4 Å².